The Hall–Kier alpha value is -4.64. The summed E-state index contributed by atoms with van der Waals surface area (Å²) >= 11 is 0. The van der Waals surface area contributed by atoms with Crippen molar-refractivity contribution in [3.05, 3.63) is 71.9 Å². The third-order valence-electron chi connectivity index (χ3n) is 8.32. The molecule has 1 aliphatic rings. The van der Waals surface area contributed by atoms with Gasteiger partial charge in [0.05, 0.1) is 25.4 Å². The molecule has 11 heteroatoms. The van der Waals surface area contributed by atoms with Crippen LogP contribution in [0, 0.1) is 0 Å². The maximum absolute atomic E-state index is 12.9. The van der Waals surface area contributed by atoms with Gasteiger partial charge in [0.15, 0.2) is 0 Å². The van der Waals surface area contributed by atoms with Crippen molar-refractivity contribution in [1.82, 2.24) is 24.6 Å². The summed E-state index contributed by atoms with van der Waals surface area (Å²) in [4.78, 5) is 34.3. The van der Waals surface area contributed by atoms with Crippen LogP contribution in [0.25, 0.3) is 22.2 Å². The van der Waals surface area contributed by atoms with Gasteiger partial charge in [-0.1, -0.05) is 30.3 Å². The first-order valence-corrected chi connectivity index (χ1v) is 16.0. The molecule has 1 fully saturated rings. The van der Waals surface area contributed by atoms with E-state index in [1.807, 2.05) is 54.2 Å². The standard InChI is InChI=1S/C36H46N6O5/c1-36(2,3)47-35(44)42-23-25(21-31(42)34(43)46-7)37-32-15-9-12-28(38-32)27-11-8-13-29-33(27)30(41(5)39-29)14-10-20-40(4)22-24-16-18-26(45-6)19-17-24/h8-9,11-13,15-19,25,31H,10,14,20-23H2,1-7H3,(H,37,38)/t25-,31-/m0/s1. The molecule has 1 aliphatic heterocycles. The molecular weight excluding hydrogens is 596 g/mol. The van der Waals surface area contributed by atoms with Crippen molar-refractivity contribution >= 4 is 28.8 Å². The van der Waals surface area contributed by atoms with Gasteiger partial charge in [0.1, 0.15) is 23.2 Å². The highest BCUT2D eigenvalue weighted by atomic mass is 16.6. The van der Waals surface area contributed by atoms with Crippen LogP contribution in [0.1, 0.15) is 44.9 Å². The van der Waals surface area contributed by atoms with Crippen LogP contribution in [0.3, 0.4) is 0 Å². The zero-order chi connectivity index (χ0) is 33.7. The van der Waals surface area contributed by atoms with Gasteiger partial charge < -0.3 is 24.4 Å². The summed E-state index contributed by atoms with van der Waals surface area (Å²) in [5.41, 5.74) is 4.48. The molecule has 2 aromatic heterocycles. The fraction of sp³-hybridized carbons (Fsp3) is 0.444. The third-order valence-corrected chi connectivity index (χ3v) is 8.32. The number of hydrogen-bond donors (Lipinski definition) is 1. The summed E-state index contributed by atoms with van der Waals surface area (Å²) in [6.07, 6.45) is 1.68. The van der Waals surface area contributed by atoms with E-state index in [1.54, 1.807) is 27.9 Å². The molecule has 2 aromatic carbocycles. The van der Waals surface area contributed by atoms with Gasteiger partial charge in [0.25, 0.3) is 0 Å². The minimum atomic E-state index is -0.738. The zero-order valence-electron chi connectivity index (χ0n) is 28.4. The van der Waals surface area contributed by atoms with Gasteiger partial charge in [0.2, 0.25) is 0 Å². The number of carbonyl (C=O) groups excluding carboxylic acids is 2. The highest BCUT2D eigenvalue weighted by molar-refractivity contribution is 5.96. The fourth-order valence-corrected chi connectivity index (χ4v) is 6.15. The molecule has 1 amide bonds. The number of likely N-dealkylation sites (tertiary alicyclic amines) is 1. The Bertz CT molecular complexity index is 1700. The predicted molar refractivity (Wildman–Crippen MR) is 182 cm³/mol. The SMILES string of the molecule is COC(=O)[C@@H]1C[C@H](Nc2cccc(-c3cccc4nn(C)c(CCCN(C)Cc5ccc(OC)cc5)c34)n2)CN1C(=O)OC(C)(C)C. The minimum Gasteiger partial charge on any atom is -0.497 e. The van der Waals surface area contributed by atoms with E-state index < -0.39 is 23.7 Å². The molecule has 2 atom stereocenters. The number of nitrogens with zero attached hydrogens (tertiary/aromatic N) is 5. The summed E-state index contributed by atoms with van der Waals surface area (Å²) < 4.78 is 17.8. The van der Waals surface area contributed by atoms with E-state index in [1.165, 1.54) is 23.3 Å². The van der Waals surface area contributed by atoms with Crippen LogP contribution < -0.4 is 10.1 Å². The molecule has 0 bridgehead atoms. The first kappa shape index (κ1) is 33.7. The van der Waals surface area contributed by atoms with Crippen LogP contribution >= 0.6 is 0 Å². The summed E-state index contributed by atoms with van der Waals surface area (Å²) in [5, 5.41) is 9.37. The van der Waals surface area contributed by atoms with Gasteiger partial charge >= 0.3 is 12.1 Å². The highest BCUT2D eigenvalue weighted by Gasteiger charge is 2.42. The average molecular weight is 643 g/mol. The Morgan fingerprint density at radius 2 is 1.79 bits per heavy atom. The van der Waals surface area contributed by atoms with Crippen LogP contribution in [0.15, 0.2) is 60.7 Å². The summed E-state index contributed by atoms with van der Waals surface area (Å²) in [6.45, 7) is 7.49. The number of aryl methyl sites for hydroxylation is 2. The summed E-state index contributed by atoms with van der Waals surface area (Å²) in [5.74, 6) is 1.05. The van der Waals surface area contributed by atoms with E-state index in [2.05, 4.69) is 35.5 Å². The van der Waals surface area contributed by atoms with Crippen molar-refractivity contribution in [2.75, 3.05) is 39.7 Å². The molecule has 5 rings (SSSR count). The number of ether oxygens (including phenoxy) is 3. The predicted octanol–water partition coefficient (Wildman–Crippen LogP) is 5.67. The molecule has 0 unspecified atom stereocenters. The number of nitrogens with one attached hydrogen (secondary N) is 1. The Morgan fingerprint density at radius 3 is 2.49 bits per heavy atom. The maximum atomic E-state index is 12.9. The van der Waals surface area contributed by atoms with Gasteiger partial charge in [-0.3, -0.25) is 9.58 Å². The molecule has 0 radical (unpaired) electrons. The number of fused-ring (bicyclic) bond motifs is 1. The van der Waals surface area contributed by atoms with Crippen molar-refractivity contribution in [3.63, 3.8) is 0 Å². The number of anilines is 1. The van der Waals surface area contributed by atoms with Gasteiger partial charge in [-0.25, -0.2) is 14.6 Å². The first-order chi connectivity index (χ1) is 22.5. The fourth-order valence-electron chi connectivity index (χ4n) is 6.15. The number of hydrogen-bond acceptors (Lipinski definition) is 9. The van der Waals surface area contributed by atoms with Crippen molar-refractivity contribution in [2.24, 2.45) is 7.05 Å². The lowest BCUT2D eigenvalue weighted by Crippen LogP contribution is -2.44. The van der Waals surface area contributed by atoms with Crippen LogP contribution in [0.5, 0.6) is 5.75 Å². The molecule has 1 saturated heterocycles. The van der Waals surface area contributed by atoms with E-state index in [0.717, 1.165) is 53.8 Å². The van der Waals surface area contributed by atoms with E-state index in [0.29, 0.717) is 12.2 Å². The van der Waals surface area contributed by atoms with Gasteiger partial charge in [-0.15, -0.1) is 0 Å². The Labute approximate surface area is 276 Å². The lowest BCUT2D eigenvalue weighted by Gasteiger charge is -2.27. The van der Waals surface area contributed by atoms with Gasteiger partial charge in [-0.05, 0) is 83.1 Å². The third kappa shape index (κ3) is 8.21. The van der Waals surface area contributed by atoms with Crippen molar-refractivity contribution in [3.8, 4) is 17.0 Å². The molecular formula is C36H46N6O5. The molecule has 47 heavy (non-hydrogen) atoms. The number of pyridine rings is 1. The highest BCUT2D eigenvalue weighted by Crippen LogP contribution is 2.32. The molecule has 11 nitrogen and oxygen atoms in total. The molecule has 4 aromatic rings. The van der Waals surface area contributed by atoms with Gasteiger partial charge in [-0.2, -0.15) is 5.10 Å². The van der Waals surface area contributed by atoms with Crippen molar-refractivity contribution in [2.45, 2.75) is 64.3 Å². The van der Waals surface area contributed by atoms with Crippen LogP contribution in [-0.4, -0.2) is 88.7 Å². The topological polar surface area (TPSA) is 111 Å². The second-order valence-corrected chi connectivity index (χ2v) is 13.1. The monoisotopic (exact) mass is 642 g/mol. The van der Waals surface area contributed by atoms with E-state index in [-0.39, 0.29) is 12.6 Å². The number of esters is 1. The van der Waals surface area contributed by atoms with E-state index in [4.69, 9.17) is 24.3 Å². The Kier molecular flexibility index (Phi) is 10.3. The van der Waals surface area contributed by atoms with Crippen molar-refractivity contribution < 1.29 is 23.8 Å². The summed E-state index contributed by atoms with van der Waals surface area (Å²) in [7, 11) is 7.15. The van der Waals surface area contributed by atoms with Crippen LogP contribution in [0.2, 0.25) is 0 Å². The number of carbonyl (C=O) groups is 2. The Balaban J connectivity index is 1.30. The number of aromatic nitrogens is 3. The molecule has 0 aliphatic carbocycles. The second kappa shape index (κ2) is 14.4. The average Bonchev–Trinajstić information content (AvgIpc) is 3.60. The molecule has 0 spiro atoms. The van der Waals surface area contributed by atoms with E-state index in [9.17, 15) is 9.59 Å². The number of rotatable bonds is 11. The largest absolute Gasteiger partial charge is 0.497 e. The lowest BCUT2D eigenvalue weighted by atomic mass is 10.0. The zero-order valence-corrected chi connectivity index (χ0v) is 28.4. The second-order valence-electron chi connectivity index (χ2n) is 13.1. The first-order valence-electron chi connectivity index (χ1n) is 16.0. The van der Waals surface area contributed by atoms with Crippen molar-refractivity contribution in [1.29, 1.82) is 0 Å². The maximum Gasteiger partial charge on any atom is 0.411 e. The smallest absolute Gasteiger partial charge is 0.411 e. The minimum absolute atomic E-state index is 0.214. The van der Waals surface area contributed by atoms with Gasteiger partial charge in [0, 0.05) is 49.2 Å². The normalized spacial score (nSPS) is 16.5. The Morgan fingerprint density at radius 1 is 1.04 bits per heavy atom. The quantitative estimate of drug-likeness (QED) is 0.207. The van der Waals surface area contributed by atoms with Crippen LogP contribution in [-0.2, 0) is 34.3 Å². The number of benzene rings is 2. The summed E-state index contributed by atoms with van der Waals surface area (Å²) in [6, 6.07) is 19.2. The molecule has 0 saturated carbocycles. The molecule has 250 valence electrons. The van der Waals surface area contributed by atoms with E-state index >= 15 is 0 Å². The lowest BCUT2D eigenvalue weighted by molar-refractivity contribution is -0.145. The number of methoxy groups -OCH3 is 2. The molecule has 3 heterocycles. The number of amides is 1. The molecule has 1 N–H and O–H groups in total. The van der Waals surface area contributed by atoms with Crippen LogP contribution in [0.4, 0.5) is 10.6 Å².